The second-order valence-corrected chi connectivity index (χ2v) is 11.9. The molecule has 2 fully saturated rings. The summed E-state index contributed by atoms with van der Waals surface area (Å²) >= 11 is 0. The van der Waals surface area contributed by atoms with Gasteiger partial charge in [0.2, 0.25) is 17.7 Å². The molecule has 256 valence electrons. The molecular formula is C34H39N9O6. The lowest BCUT2D eigenvalue weighted by atomic mass is 9.91. The highest BCUT2D eigenvalue weighted by molar-refractivity contribution is 5.84. The monoisotopic (exact) mass is 669 g/mol. The zero-order chi connectivity index (χ0) is 33.6. The maximum Gasteiger partial charge on any atom is 0.293 e. The number of anilines is 2. The predicted octanol–water partition coefficient (Wildman–Crippen LogP) is 2.93. The van der Waals surface area contributed by atoms with Crippen LogP contribution in [0.2, 0.25) is 0 Å². The first-order chi connectivity index (χ1) is 24.1. The molecule has 0 spiro atoms. The van der Waals surface area contributed by atoms with Gasteiger partial charge in [-0.3, -0.25) is 14.3 Å². The van der Waals surface area contributed by atoms with E-state index in [1.807, 2.05) is 43.3 Å². The second kappa shape index (κ2) is 15.1. The Morgan fingerprint density at radius 1 is 1.02 bits per heavy atom. The highest BCUT2D eigenvalue weighted by Gasteiger charge is 2.49. The minimum atomic E-state index is -1.29. The number of aromatic nitrogens is 6. The molecule has 3 aromatic heterocycles. The second-order valence-electron chi connectivity index (χ2n) is 11.9. The van der Waals surface area contributed by atoms with E-state index in [4.69, 9.17) is 28.7 Å². The van der Waals surface area contributed by atoms with E-state index in [1.54, 1.807) is 4.57 Å². The third-order valence-electron chi connectivity index (χ3n) is 8.85. The van der Waals surface area contributed by atoms with E-state index in [0.29, 0.717) is 61.5 Å². The summed E-state index contributed by atoms with van der Waals surface area (Å²) in [6.07, 6.45) is -2.34. The minimum absolute atomic E-state index is 0.0252. The maximum absolute atomic E-state index is 11.5. The van der Waals surface area contributed by atoms with Crippen LogP contribution in [0.3, 0.4) is 0 Å². The smallest absolute Gasteiger partial charge is 0.293 e. The molecule has 3 N–H and O–H groups in total. The average Bonchev–Trinajstić information content (AvgIpc) is 3.88. The number of imidazole rings is 1. The largest absolute Gasteiger partial charge is 0.458 e. The van der Waals surface area contributed by atoms with Crippen LogP contribution in [0, 0.1) is 0 Å². The molecule has 0 amide bonds. The third-order valence-corrected chi connectivity index (χ3v) is 8.85. The Morgan fingerprint density at radius 3 is 2.43 bits per heavy atom. The summed E-state index contributed by atoms with van der Waals surface area (Å²) in [7, 11) is 0. The van der Waals surface area contributed by atoms with Crippen LogP contribution in [0.1, 0.15) is 48.0 Å². The van der Waals surface area contributed by atoms with Gasteiger partial charge in [0.25, 0.3) is 6.47 Å². The lowest BCUT2D eigenvalue weighted by Crippen LogP contribution is -2.39. The summed E-state index contributed by atoms with van der Waals surface area (Å²) in [5, 5.41) is 22.4. The molecule has 5 aromatic rings. The number of nitrogens with one attached hydrogen (secondary N) is 2. The lowest BCUT2D eigenvalue weighted by Gasteiger charge is -2.26. The van der Waals surface area contributed by atoms with Crippen molar-refractivity contribution in [1.82, 2.24) is 34.6 Å². The number of rotatable bonds is 14. The van der Waals surface area contributed by atoms with Gasteiger partial charge in [0.1, 0.15) is 6.10 Å². The molecule has 0 bridgehead atoms. The summed E-state index contributed by atoms with van der Waals surface area (Å²) in [6, 6.07) is 20.6. The number of carbonyl (C=O) groups is 1. The molecule has 15 nitrogen and oxygen atoms in total. The highest BCUT2D eigenvalue weighted by Crippen LogP contribution is 2.41. The van der Waals surface area contributed by atoms with Crippen LogP contribution in [0.5, 0.6) is 0 Å². The first-order valence-corrected chi connectivity index (χ1v) is 16.5. The molecule has 0 saturated carbocycles. The van der Waals surface area contributed by atoms with Gasteiger partial charge in [-0.15, -0.1) is 0 Å². The summed E-state index contributed by atoms with van der Waals surface area (Å²) in [5.74, 6) is 1.50. The lowest BCUT2D eigenvalue weighted by molar-refractivity contribution is -0.140. The topological polar surface area (TPSA) is 175 Å². The standard InChI is InChI=1S/C34H39N9O6/c1-2-25-38-31(41-49-25)29-28(47-21-44)27(45)33(48-29)43-20-37-26-30(39-34(40-32(26)43)35-13-14-42-15-17-46-18-16-42)36-19-24(22-9-5-3-6-10-22)23-11-7-4-8-12-23/h3-12,20-21,24,27-29,33,45H,2,13-19H2,1H3,(H2,35,36,39,40)/t27-,28+,29+,33-/m1/s1. The Bertz CT molecular complexity index is 1780. The Labute approximate surface area is 282 Å². The Morgan fingerprint density at radius 2 is 1.76 bits per heavy atom. The van der Waals surface area contributed by atoms with Gasteiger partial charge in [-0.1, -0.05) is 72.7 Å². The van der Waals surface area contributed by atoms with Gasteiger partial charge in [-0.05, 0) is 11.1 Å². The van der Waals surface area contributed by atoms with Crippen molar-refractivity contribution < 1.29 is 28.6 Å². The summed E-state index contributed by atoms with van der Waals surface area (Å²) < 4.78 is 23.9. The van der Waals surface area contributed by atoms with Gasteiger partial charge in [0.05, 0.1) is 19.5 Å². The van der Waals surface area contributed by atoms with Crippen molar-refractivity contribution in [3.8, 4) is 0 Å². The van der Waals surface area contributed by atoms with Crippen LogP contribution < -0.4 is 10.6 Å². The van der Waals surface area contributed by atoms with Crippen molar-refractivity contribution in [2.75, 3.05) is 56.6 Å². The number of hydrogen-bond donors (Lipinski definition) is 3. The Balaban J connectivity index is 1.21. The van der Waals surface area contributed by atoms with E-state index in [0.717, 1.165) is 30.8 Å². The summed E-state index contributed by atoms with van der Waals surface area (Å²) in [6.45, 7) is 7.22. The zero-order valence-corrected chi connectivity index (χ0v) is 27.1. The number of aliphatic hydroxyl groups is 1. The number of hydrogen-bond acceptors (Lipinski definition) is 14. The molecule has 2 saturated heterocycles. The number of carbonyl (C=O) groups excluding carboxylic acids is 1. The fourth-order valence-electron chi connectivity index (χ4n) is 6.28. The zero-order valence-electron chi connectivity index (χ0n) is 27.1. The van der Waals surface area contributed by atoms with Crippen LogP contribution in [0.15, 0.2) is 71.5 Å². The quantitative estimate of drug-likeness (QED) is 0.147. The van der Waals surface area contributed by atoms with Crippen LogP contribution in [0.25, 0.3) is 11.2 Å². The van der Waals surface area contributed by atoms with Gasteiger partial charge in [-0.2, -0.15) is 15.0 Å². The van der Waals surface area contributed by atoms with E-state index in [1.165, 1.54) is 6.33 Å². The molecule has 2 aliphatic heterocycles. The predicted molar refractivity (Wildman–Crippen MR) is 178 cm³/mol. The molecule has 0 aliphatic carbocycles. The SMILES string of the molecule is CCc1nc([C@H]2O[C@@H](n3cnc4c(NCC(c5ccccc5)c5ccccc5)nc(NCCN5CCOCC5)nc43)[C@H](O)[C@@H]2OC=O)no1. The van der Waals surface area contributed by atoms with Crippen LogP contribution in [-0.4, -0.2) is 104 Å². The molecule has 15 heteroatoms. The van der Waals surface area contributed by atoms with Gasteiger partial charge in [-0.25, -0.2) is 4.98 Å². The van der Waals surface area contributed by atoms with Crippen molar-refractivity contribution >= 4 is 29.4 Å². The molecule has 5 heterocycles. The maximum atomic E-state index is 11.5. The number of nitrogens with zero attached hydrogens (tertiary/aromatic N) is 7. The van der Waals surface area contributed by atoms with Gasteiger partial charge in [0.15, 0.2) is 35.4 Å². The molecule has 0 unspecified atom stereocenters. The highest BCUT2D eigenvalue weighted by atomic mass is 16.6. The number of ether oxygens (including phenoxy) is 3. The van der Waals surface area contributed by atoms with Crippen molar-refractivity contribution in [3.05, 3.63) is 89.8 Å². The molecule has 2 aliphatic rings. The number of morpholine rings is 1. The van der Waals surface area contributed by atoms with Crippen LogP contribution >= 0.6 is 0 Å². The average molecular weight is 670 g/mol. The number of fused-ring (bicyclic) bond motifs is 1. The minimum Gasteiger partial charge on any atom is -0.458 e. The van der Waals surface area contributed by atoms with E-state index in [9.17, 15) is 9.90 Å². The first kappa shape index (κ1) is 32.6. The number of aliphatic hydroxyl groups excluding tert-OH is 1. The van der Waals surface area contributed by atoms with E-state index in [2.05, 4.69) is 54.9 Å². The number of benzene rings is 2. The molecule has 4 atom stereocenters. The fraction of sp³-hybridized carbons (Fsp3) is 0.412. The number of aryl methyl sites for hydroxylation is 1. The van der Waals surface area contributed by atoms with Crippen molar-refractivity contribution in [1.29, 1.82) is 0 Å². The van der Waals surface area contributed by atoms with Crippen LogP contribution in [-0.2, 0) is 25.4 Å². The first-order valence-electron chi connectivity index (χ1n) is 16.5. The van der Waals surface area contributed by atoms with E-state index in [-0.39, 0.29) is 18.2 Å². The normalized spacial score (nSPS) is 21.3. The Kier molecular flexibility index (Phi) is 10.0. The third kappa shape index (κ3) is 7.10. The Hall–Kier alpha value is -4.96. The fourth-order valence-corrected chi connectivity index (χ4v) is 6.28. The van der Waals surface area contributed by atoms with Gasteiger partial charge >= 0.3 is 0 Å². The molecule has 2 aromatic carbocycles. The summed E-state index contributed by atoms with van der Waals surface area (Å²) in [4.78, 5) is 32.5. The molecule has 49 heavy (non-hydrogen) atoms. The van der Waals surface area contributed by atoms with Crippen molar-refractivity contribution in [2.45, 2.75) is 43.8 Å². The van der Waals surface area contributed by atoms with Crippen molar-refractivity contribution in [3.63, 3.8) is 0 Å². The molecule has 0 radical (unpaired) electrons. The summed E-state index contributed by atoms with van der Waals surface area (Å²) in [5.41, 5.74) is 3.21. The van der Waals surface area contributed by atoms with Gasteiger partial charge in [0, 0.05) is 45.1 Å². The van der Waals surface area contributed by atoms with E-state index < -0.39 is 24.5 Å². The van der Waals surface area contributed by atoms with Crippen LogP contribution in [0.4, 0.5) is 11.8 Å². The van der Waals surface area contributed by atoms with Gasteiger partial charge < -0.3 is 34.5 Å². The molecular weight excluding hydrogens is 630 g/mol. The van der Waals surface area contributed by atoms with E-state index >= 15 is 0 Å². The molecule has 7 rings (SSSR count). The van der Waals surface area contributed by atoms with Crippen molar-refractivity contribution in [2.24, 2.45) is 0 Å².